The summed E-state index contributed by atoms with van der Waals surface area (Å²) < 4.78 is 42.2. The van der Waals surface area contributed by atoms with Gasteiger partial charge in [0.1, 0.15) is 5.82 Å². The van der Waals surface area contributed by atoms with Crippen LogP contribution < -0.4 is 10.6 Å². The van der Waals surface area contributed by atoms with Gasteiger partial charge in [0, 0.05) is 53.3 Å². The van der Waals surface area contributed by atoms with E-state index in [1.165, 1.54) is 28.6 Å². The van der Waals surface area contributed by atoms with Gasteiger partial charge in [0.25, 0.3) is 0 Å². The third-order valence-corrected chi connectivity index (χ3v) is 8.38. The SMILES string of the molecule is O=S(=O)(c1ccc(NC(=S)NCc2ccncc2)cc1)N(Cc1ccc(F)cc1)Cc1c(Cl)cccc1Cl. The zero-order valence-electron chi connectivity index (χ0n) is 19.9. The van der Waals surface area contributed by atoms with Crippen molar-refractivity contribution in [2.45, 2.75) is 24.5 Å². The van der Waals surface area contributed by atoms with Gasteiger partial charge >= 0.3 is 0 Å². The van der Waals surface area contributed by atoms with Crippen molar-refractivity contribution >= 4 is 56.2 Å². The molecule has 0 aliphatic heterocycles. The van der Waals surface area contributed by atoms with Crippen molar-refractivity contribution in [1.29, 1.82) is 0 Å². The summed E-state index contributed by atoms with van der Waals surface area (Å²) in [6, 6.07) is 20.7. The number of aromatic nitrogens is 1. The fourth-order valence-electron chi connectivity index (χ4n) is 3.60. The van der Waals surface area contributed by atoms with Crippen LogP contribution in [0.5, 0.6) is 0 Å². The highest BCUT2D eigenvalue weighted by Crippen LogP contribution is 2.29. The number of rotatable bonds is 9. The maximum atomic E-state index is 13.7. The predicted molar refractivity (Wildman–Crippen MR) is 153 cm³/mol. The van der Waals surface area contributed by atoms with E-state index in [9.17, 15) is 12.8 Å². The Bertz CT molecular complexity index is 1480. The van der Waals surface area contributed by atoms with Crippen LogP contribution >= 0.6 is 35.4 Å². The molecular formula is C27H23Cl2FN4O2S2. The Labute approximate surface area is 236 Å². The van der Waals surface area contributed by atoms with Crippen LogP contribution in [0.25, 0.3) is 0 Å². The number of anilines is 1. The first-order chi connectivity index (χ1) is 18.2. The minimum Gasteiger partial charge on any atom is -0.358 e. The molecule has 0 aliphatic carbocycles. The predicted octanol–water partition coefficient (Wildman–Crippen LogP) is 6.41. The normalized spacial score (nSPS) is 11.4. The molecule has 0 saturated carbocycles. The largest absolute Gasteiger partial charge is 0.358 e. The van der Waals surface area contributed by atoms with Crippen molar-refractivity contribution in [2.24, 2.45) is 0 Å². The molecule has 0 saturated heterocycles. The van der Waals surface area contributed by atoms with Crippen LogP contribution in [0.3, 0.4) is 0 Å². The van der Waals surface area contributed by atoms with Crippen molar-refractivity contribution in [3.8, 4) is 0 Å². The number of sulfonamides is 1. The fourth-order valence-corrected chi connectivity index (χ4v) is 5.70. The molecule has 38 heavy (non-hydrogen) atoms. The molecule has 11 heteroatoms. The van der Waals surface area contributed by atoms with E-state index in [4.69, 9.17) is 35.4 Å². The van der Waals surface area contributed by atoms with Gasteiger partial charge in [-0.05, 0) is 84.0 Å². The van der Waals surface area contributed by atoms with E-state index in [1.54, 1.807) is 54.9 Å². The third-order valence-electron chi connectivity index (χ3n) is 5.62. The van der Waals surface area contributed by atoms with Gasteiger partial charge < -0.3 is 10.6 Å². The molecule has 4 aromatic rings. The zero-order valence-corrected chi connectivity index (χ0v) is 23.1. The van der Waals surface area contributed by atoms with Crippen LogP contribution in [0.2, 0.25) is 10.0 Å². The van der Waals surface area contributed by atoms with Crippen molar-refractivity contribution < 1.29 is 12.8 Å². The summed E-state index contributed by atoms with van der Waals surface area (Å²) in [5.74, 6) is -0.409. The first-order valence-corrected chi connectivity index (χ1v) is 14.0. The molecule has 3 aromatic carbocycles. The van der Waals surface area contributed by atoms with Crippen molar-refractivity contribution in [1.82, 2.24) is 14.6 Å². The minimum absolute atomic E-state index is 0.00677. The van der Waals surface area contributed by atoms with Gasteiger partial charge in [0.05, 0.1) is 4.90 Å². The van der Waals surface area contributed by atoms with Crippen LogP contribution in [0.4, 0.5) is 10.1 Å². The first-order valence-electron chi connectivity index (χ1n) is 11.4. The van der Waals surface area contributed by atoms with E-state index in [-0.39, 0.29) is 18.0 Å². The molecule has 0 aliphatic rings. The molecule has 1 aromatic heterocycles. The molecule has 0 unspecified atom stereocenters. The quantitative estimate of drug-likeness (QED) is 0.220. The molecule has 0 spiro atoms. The summed E-state index contributed by atoms with van der Waals surface area (Å²) in [6.07, 6.45) is 3.40. The van der Waals surface area contributed by atoms with Gasteiger partial charge in [0.15, 0.2) is 5.11 Å². The molecule has 0 atom stereocenters. The lowest BCUT2D eigenvalue weighted by molar-refractivity contribution is 0.401. The Morgan fingerprint density at radius 1 is 0.868 bits per heavy atom. The number of hydrogen-bond acceptors (Lipinski definition) is 4. The summed E-state index contributed by atoms with van der Waals surface area (Å²) in [5.41, 5.74) is 2.73. The lowest BCUT2D eigenvalue weighted by Crippen LogP contribution is -2.30. The van der Waals surface area contributed by atoms with Gasteiger partial charge in [0.2, 0.25) is 10.0 Å². The van der Waals surface area contributed by atoms with E-state index in [0.29, 0.717) is 38.5 Å². The van der Waals surface area contributed by atoms with Crippen molar-refractivity contribution in [2.75, 3.05) is 5.32 Å². The number of nitrogens with zero attached hydrogens (tertiary/aromatic N) is 2. The molecule has 6 nitrogen and oxygen atoms in total. The number of halogens is 3. The summed E-state index contributed by atoms with van der Waals surface area (Å²) in [5, 5.41) is 7.23. The molecule has 196 valence electrons. The Kier molecular flexibility index (Phi) is 9.30. The van der Waals surface area contributed by atoms with E-state index >= 15 is 0 Å². The number of hydrogen-bond donors (Lipinski definition) is 2. The Morgan fingerprint density at radius 2 is 1.50 bits per heavy atom. The highest BCUT2D eigenvalue weighted by atomic mass is 35.5. The van der Waals surface area contributed by atoms with Gasteiger partial charge in [-0.2, -0.15) is 4.31 Å². The second-order valence-electron chi connectivity index (χ2n) is 8.29. The van der Waals surface area contributed by atoms with Crippen LogP contribution in [-0.2, 0) is 29.7 Å². The number of nitrogens with one attached hydrogen (secondary N) is 2. The molecule has 1 heterocycles. The summed E-state index contributed by atoms with van der Waals surface area (Å²) in [7, 11) is -3.99. The Hall–Kier alpha value is -3.08. The average Bonchev–Trinajstić information content (AvgIpc) is 2.91. The topological polar surface area (TPSA) is 74.3 Å². The van der Waals surface area contributed by atoms with E-state index in [0.717, 1.165) is 5.56 Å². The molecule has 4 rings (SSSR count). The lowest BCUT2D eigenvalue weighted by atomic mass is 10.2. The number of pyridine rings is 1. The monoisotopic (exact) mass is 588 g/mol. The highest BCUT2D eigenvalue weighted by molar-refractivity contribution is 7.89. The number of benzene rings is 3. The second kappa shape index (κ2) is 12.6. The lowest BCUT2D eigenvalue weighted by Gasteiger charge is -2.24. The summed E-state index contributed by atoms with van der Waals surface area (Å²) in [4.78, 5) is 4.06. The first kappa shape index (κ1) is 27.9. The molecule has 0 radical (unpaired) electrons. The third kappa shape index (κ3) is 7.27. The molecular weight excluding hydrogens is 566 g/mol. The number of thiocarbonyl (C=S) groups is 1. The Balaban J connectivity index is 1.53. The van der Waals surface area contributed by atoms with E-state index in [1.807, 2.05) is 12.1 Å². The standard InChI is InChI=1S/C27H23Cl2FN4O2S2/c28-25-2-1-3-26(29)24(25)18-34(17-20-4-6-21(30)7-5-20)38(35,36)23-10-8-22(9-11-23)33-27(37)32-16-19-12-14-31-15-13-19/h1-15H,16-18H2,(H2,32,33,37). The van der Waals surface area contributed by atoms with E-state index < -0.39 is 15.8 Å². The van der Waals surface area contributed by atoms with Crippen LogP contribution in [0, 0.1) is 5.82 Å². The zero-order chi connectivity index (χ0) is 27.1. The Morgan fingerprint density at radius 3 is 2.13 bits per heavy atom. The van der Waals surface area contributed by atoms with Crippen molar-refractivity contribution in [3.63, 3.8) is 0 Å². The summed E-state index contributed by atoms with van der Waals surface area (Å²) in [6.45, 7) is 0.443. The maximum absolute atomic E-state index is 13.7. The molecule has 2 N–H and O–H groups in total. The van der Waals surface area contributed by atoms with Crippen LogP contribution in [0.15, 0.2) is 96.2 Å². The average molecular weight is 590 g/mol. The van der Waals surface area contributed by atoms with Gasteiger partial charge in [-0.25, -0.2) is 12.8 Å². The van der Waals surface area contributed by atoms with Gasteiger partial charge in [-0.15, -0.1) is 0 Å². The van der Waals surface area contributed by atoms with E-state index in [2.05, 4.69) is 15.6 Å². The van der Waals surface area contributed by atoms with Gasteiger partial charge in [-0.3, -0.25) is 4.98 Å². The van der Waals surface area contributed by atoms with Crippen LogP contribution in [0.1, 0.15) is 16.7 Å². The van der Waals surface area contributed by atoms with Crippen LogP contribution in [-0.4, -0.2) is 22.8 Å². The minimum atomic E-state index is -3.99. The fraction of sp³-hybridized carbons (Fsp3) is 0.111. The molecule has 0 amide bonds. The summed E-state index contributed by atoms with van der Waals surface area (Å²) >= 11 is 18.0. The molecule has 0 fully saturated rings. The highest BCUT2D eigenvalue weighted by Gasteiger charge is 2.26. The maximum Gasteiger partial charge on any atom is 0.243 e. The molecule has 0 bridgehead atoms. The second-order valence-corrected chi connectivity index (χ2v) is 11.4. The smallest absolute Gasteiger partial charge is 0.243 e. The van der Waals surface area contributed by atoms with Gasteiger partial charge in [-0.1, -0.05) is 41.4 Å². The van der Waals surface area contributed by atoms with Crippen molar-refractivity contribution in [3.05, 3.63) is 124 Å².